The molecular formula is C22H20N2O5. The molecule has 0 saturated carbocycles. The lowest BCUT2D eigenvalue weighted by atomic mass is 10.1. The zero-order valence-corrected chi connectivity index (χ0v) is 16.0. The monoisotopic (exact) mass is 392 g/mol. The van der Waals surface area contributed by atoms with Gasteiger partial charge < -0.3 is 9.64 Å². The lowest BCUT2D eigenvalue weighted by Crippen LogP contribution is -2.38. The number of benzene rings is 2. The Morgan fingerprint density at radius 2 is 1.55 bits per heavy atom. The van der Waals surface area contributed by atoms with Crippen LogP contribution in [0.2, 0.25) is 0 Å². The van der Waals surface area contributed by atoms with Gasteiger partial charge in [0, 0.05) is 13.1 Å². The summed E-state index contributed by atoms with van der Waals surface area (Å²) >= 11 is 0. The maximum absolute atomic E-state index is 12.6. The van der Waals surface area contributed by atoms with Crippen LogP contribution in [0.5, 0.6) is 0 Å². The van der Waals surface area contributed by atoms with Crippen LogP contribution in [0.1, 0.15) is 50.8 Å². The lowest BCUT2D eigenvalue weighted by molar-refractivity contribution is -0.138. The van der Waals surface area contributed by atoms with Gasteiger partial charge in [-0.1, -0.05) is 18.2 Å². The smallest absolute Gasteiger partial charge is 0.338 e. The number of fused-ring (bicyclic) bond motifs is 1. The number of anilines is 1. The average molecular weight is 392 g/mol. The molecule has 0 bridgehead atoms. The fourth-order valence-electron chi connectivity index (χ4n) is 3.67. The first-order chi connectivity index (χ1) is 14.0. The molecule has 2 aromatic carbocycles. The van der Waals surface area contributed by atoms with Crippen molar-refractivity contribution in [3.05, 3.63) is 65.2 Å². The highest BCUT2D eigenvalue weighted by molar-refractivity contribution is 6.34. The molecule has 148 valence electrons. The molecule has 0 N–H and O–H groups in total. The normalized spacial score (nSPS) is 16.7. The Bertz CT molecular complexity index is 975. The standard InChI is InChI=1S/C22H20N2O5/c1-14(19(25)23-11-4-5-12-23)29-22(28)15-7-6-8-16(13-15)24-20(26)17-9-2-3-10-18(17)21(24)27/h2-3,6-10,13-14H,4-5,11-12H2,1H3/t14-/m0/s1. The van der Waals surface area contributed by atoms with Crippen molar-refractivity contribution in [3.8, 4) is 0 Å². The molecule has 4 rings (SSSR count). The Labute approximate surface area is 167 Å². The molecule has 0 aromatic heterocycles. The summed E-state index contributed by atoms with van der Waals surface area (Å²) < 4.78 is 5.33. The van der Waals surface area contributed by atoms with Crippen molar-refractivity contribution in [2.75, 3.05) is 18.0 Å². The highest BCUT2D eigenvalue weighted by Gasteiger charge is 2.36. The molecule has 2 aromatic rings. The van der Waals surface area contributed by atoms with Gasteiger partial charge in [-0.05, 0) is 50.1 Å². The van der Waals surface area contributed by atoms with Crippen LogP contribution in [0, 0.1) is 0 Å². The third kappa shape index (κ3) is 3.40. The van der Waals surface area contributed by atoms with E-state index in [1.807, 2.05) is 0 Å². The predicted molar refractivity (Wildman–Crippen MR) is 105 cm³/mol. The first-order valence-electron chi connectivity index (χ1n) is 9.55. The molecule has 0 spiro atoms. The Morgan fingerprint density at radius 1 is 0.931 bits per heavy atom. The van der Waals surface area contributed by atoms with E-state index in [4.69, 9.17) is 4.74 Å². The molecule has 7 heteroatoms. The molecular weight excluding hydrogens is 372 g/mol. The van der Waals surface area contributed by atoms with Crippen molar-refractivity contribution in [1.82, 2.24) is 4.90 Å². The van der Waals surface area contributed by atoms with E-state index < -0.39 is 23.9 Å². The minimum Gasteiger partial charge on any atom is -0.449 e. The first kappa shape index (κ1) is 18.9. The molecule has 1 atom stereocenters. The molecule has 2 aliphatic rings. The van der Waals surface area contributed by atoms with Gasteiger partial charge in [-0.15, -0.1) is 0 Å². The number of ether oxygens (including phenoxy) is 1. The summed E-state index contributed by atoms with van der Waals surface area (Å²) in [6.45, 7) is 2.90. The third-order valence-electron chi connectivity index (χ3n) is 5.18. The molecule has 3 amide bonds. The predicted octanol–water partition coefficient (Wildman–Crippen LogP) is 2.65. The maximum Gasteiger partial charge on any atom is 0.338 e. The molecule has 7 nitrogen and oxygen atoms in total. The zero-order valence-electron chi connectivity index (χ0n) is 16.0. The van der Waals surface area contributed by atoms with Crippen LogP contribution in [-0.4, -0.2) is 47.8 Å². The van der Waals surface area contributed by atoms with Gasteiger partial charge in [-0.3, -0.25) is 14.4 Å². The van der Waals surface area contributed by atoms with Crippen molar-refractivity contribution in [1.29, 1.82) is 0 Å². The highest BCUT2D eigenvalue weighted by atomic mass is 16.5. The van der Waals surface area contributed by atoms with Crippen LogP contribution in [0.25, 0.3) is 0 Å². The van der Waals surface area contributed by atoms with E-state index in [1.165, 1.54) is 12.1 Å². The first-order valence-corrected chi connectivity index (χ1v) is 9.55. The summed E-state index contributed by atoms with van der Waals surface area (Å²) in [4.78, 5) is 52.9. The Kier molecular flexibility index (Phi) is 4.88. The summed E-state index contributed by atoms with van der Waals surface area (Å²) in [7, 11) is 0. The average Bonchev–Trinajstić information content (AvgIpc) is 3.35. The van der Waals surface area contributed by atoms with Crippen molar-refractivity contribution in [2.24, 2.45) is 0 Å². The molecule has 1 fully saturated rings. The van der Waals surface area contributed by atoms with Gasteiger partial charge in [-0.2, -0.15) is 0 Å². The van der Waals surface area contributed by atoms with E-state index in [2.05, 4.69) is 0 Å². The Balaban J connectivity index is 1.52. The van der Waals surface area contributed by atoms with Gasteiger partial charge in [0.05, 0.1) is 22.4 Å². The molecule has 0 unspecified atom stereocenters. The Morgan fingerprint density at radius 3 is 2.17 bits per heavy atom. The molecule has 2 heterocycles. The van der Waals surface area contributed by atoms with E-state index >= 15 is 0 Å². The summed E-state index contributed by atoms with van der Waals surface area (Å²) in [5.41, 5.74) is 1.11. The van der Waals surface area contributed by atoms with Crippen LogP contribution >= 0.6 is 0 Å². The van der Waals surface area contributed by atoms with Gasteiger partial charge in [0.2, 0.25) is 0 Å². The molecule has 29 heavy (non-hydrogen) atoms. The van der Waals surface area contributed by atoms with Gasteiger partial charge in [0.25, 0.3) is 17.7 Å². The lowest BCUT2D eigenvalue weighted by Gasteiger charge is -2.20. The fraction of sp³-hybridized carbons (Fsp3) is 0.273. The summed E-state index contributed by atoms with van der Waals surface area (Å²) in [6, 6.07) is 12.7. The van der Waals surface area contributed by atoms with E-state index in [-0.39, 0.29) is 17.2 Å². The van der Waals surface area contributed by atoms with Crippen LogP contribution in [-0.2, 0) is 9.53 Å². The largest absolute Gasteiger partial charge is 0.449 e. The maximum atomic E-state index is 12.6. The molecule has 1 saturated heterocycles. The number of imide groups is 1. The van der Waals surface area contributed by atoms with Gasteiger partial charge in [0.15, 0.2) is 6.10 Å². The second-order valence-electron chi connectivity index (χ2n) is 7.12. The van der Waals surface area contributed by atoms with E-state index in [1.54, 1.807) is 48.2 Å². The van der Waals surface area contributed by atoms with Crippen molar-refractivity contribution >= 4 is 29.4 Å². The zero-order chi connectivity index (χ0) is 20.5. The van der Waals surface area contributed by atoms with Gasteiger partial charge in [-0.25, -0.2) is 9.69 Å². The SMILES string of the molecule is C[C@H](OC(=O)c1cccc(N2C(=O)c3ccccc3C2=O)c1)C(=O)N1CCCC1. The molecule has 0 aliphatic carbocycles. The number of hydrogen-bond acceptors (Lipinski definition) is 5. The second-order valence-corrected chi connectivity index (χ2v) is 7.12. The minimum absolute atomic E-state index is 0.167. The number of likely N-dealkylation sites (tertiary alicyclic amines) is 1. The summed E-state index contributed by atoms with van der Waals surface area (Å²) in [5.74, 6) is -1.77. The van der Waals surface area contributed by atoms with E-state index in [0.717, 1.165) is 17.7 Å². The van der Waals surface area contributed by atoms with E-state index in [9.17, 15) is 19.2 Å². The number of hydrogen-bond donors (Lipinski definition) is 0. The Hall–Kier alpha value is -3.48. The fourth-order valence-corrected chi connectivity index (χ4v) is 3.67. The van der Waals surface area contributed by atoms with Gasteiger partial charge in [0.1, 0.15) is 0 Å². The van der Waals surface area contributed by atoms with Crippen LogP contribution in [0.4, 0.5) is 5.69 Å². The summed E-state index contributed by atoms with van der Waals surface area (Å²) in [5, 5.41) is 0. The minimum atomic E-state index is -0.899. The van der Waals surface area contributed by atoms with Crippen LogP contribution in [0.3, 0.4) is 0 Å². The van der Waals surface area contributed by atoms with Crippen molar-refractivity contribution in [2.45, 2.75) is 25.9 Å². The molecule has 2 aliphatic heterocycles. The van der Waals surface area contributed by atoms with Crippen molar-refractivity contribution in [3.63, 3.8) is 0 Å². The third-order valence-corrected chi connectivity index (χ3v) is 5.18. The van der Waals surface area contributed by atoms with Crippen molar-refractivity contribution < 1.29 is 23.9 Å². The highest BCUT2D eigenvalue weighted by Crippen LogP contribution is 2.29. The number of rotatable bonds is 4. The van der Waals surface area contributed by atoms with Crippen LogP contribution in [0.15, 0.2) is 48.5 Å². The van der Waals surface area contributed by atoms with Gasteiger partial charge >= 0.3 is 5.97 Å². The van der Waals surface area contributed by atoms with Crippen LogP contribution < -0.4 is 4.90 Å². The quantitative estimate of drug-likeness (QED) is 0.590. The van der Waals surface area contributed by atoms with E-state index in [0.29, 0.717) is 24.2 Å². The second kappa shape index (κ2) is 7.50. The number of amides is 3. The summed E-state index contributed by atoms with van der Waals surface area (Å²) in [6.07, 6.45) is 1.01. The topological polar surface area (TPSA) is 84.0 Å². The number of nitrogens with zero attached hydrogens (tertiary/aromatic N) is 2. The number of esters is 1. The number of carbonyl (C=O) groups is 4. The molecule has 0 radical (unpaired) electrons. The number of carbonyl (C=O) groups excluding carboxylic acids is 4.